The zero-order valence-corrected chi connectivity index (χ0v) is 11.1. The van der Waals surface area contributed by atoms with E-state index in [1.807, 2.05) is 0 Å². The fourth-order valence-electron chi connectivity index (χ4n) is 1.82. The first-order chi connectivity index (χ1) is 7.60. The lowest BCUT2D eigenvalue weighted by atomic mass is 10.0. The molecule has 0 aliphatic heterocycles. The summed E-state index contributed by atoms with van der Waals surface area (Å²) in [6.07, 6.45) is 2.05. The summed E-state index contributed by atoms with van der Waals surface area (Å²) in [4.78, 5) is 9.23. The summed E-state index contributed by atoms with van der Waals surface area (Å²) in [5, 5.41) is 3.32. The smallest absolute Gasteiger partial charge is 0.132 e. The van der Waals surface area contributed by atoms with E-state index >= 15 is 0 Å². The van der Waals surface area contributed by atoms with E-state index in [-0.39, 0.29) is 0 Å². The van der Waals surface area contributed by atoms with E-state index in [1.165, 1.54) is 11.3 Å². The molecule has 0 spiro atoms. The summed E-state index contributed by atoms with van der Waals surface area (Å²) in [5.41, 5.74) is 2.37. The van der Waals surface area contributed by atoms with Gasteiger partial charge in [-0.25, -0.2) is 9.97 Å². The molecule has 0 aliphatic rings. The van der Waals surface area contributed by atoms with Gasteiger partial charge >= 0.3 is 0 Å². The largest absolute Gasteiger partial charge is 0.370 e. The zero-order valence-electron chi connectivity index (χ0n) is 11.1. The molecule has 0 aromatic carbocycles. The second-order valence-electron chi connectivity index (χ2n) is 4.43. The Labute approximate surface area is 98.7 Å². The molecule has 90 valence electrons. The van der Waals surface area contributed by atoms with Crippen LogP contribution in [0.5, 0.6) is 0 Å². The lowest BCUT2D eigenvalue weighted by Crippen LogP contribution is -2.10. The van der Waals surface area contributed by atoms with Gasteiger partial charge in [-0.05, 0) is 26.2 Å². The fraction of sp³-hybridized carbons (Fsp3) is 0.692. The standard InChI is InChI=1S/C13H23N3/c1-6-8-11-15-12(9(3)4)10(5)13(16-11)14-7-2/h9H,6-8H2,1-5H3,(H,14,15,16). The van der Waals surface area contributed by atoms with Gasteiger partial charge in [0.25, 0.3) is 0 Å². The summed E-state index contributed by atoms with van der Waals surface area (Å²) in [6, 6.07) is 0. The number of aryl methyl sites for hydroxylation is 1. The van der Waals surface area contributed by atoms with Gasteiger partial charge in [0.15, 0.2) is 0 Å². The Balaban J connectivity index is 3.16. The molecule has 0 bridgehead atoms. The molecular weight excluding hydrogens is 198 g/mol. The third-order valence-corrected chi connectivity index (χ3v) is 2.59. The maximum absolute atomic E-state index is 4.65. The van der Waals surface area contributed by atoms with Crippen molar-refractivity contribution in [1.29, 1.82) is 0 Å². The van der Waals surface area contributed by atoms with Crippen molar-refractivity contribution >= 4 is 5.82 Å². The molecule has 1 heterocycles. The minimum absolute atomic E-state index is 0.455. The Morgan fingerprint density at radius 3 is 2.38 bits per heavy atom. The predicted octanol–water partition coefficient (Wildman–Crippen LogP) is 3.29. The molecule has 0 saturated heterocycles. The van der Waals surface area contributed by atoms with Crippen LogP contribution in [0.15, 0.2) is 0 Å². The molecule has 16 heavy (non-hydrogen) atoms. The Bertz CT molecular complexity index is 345. The molecule has 0 fully saturated rings. The van der Waals surface area contributed by atoms with Crippen LogP contribution in [0.25, 0.3) is 0 Å². The zero-order chi connectivity index (χ0) is 12.1. The number of nitrogens with zero attached hydrogens (tertiary/aromatic N) is 2. The van der Waals surface area contributed by atoms with E-state index in [0.29, 0.717) is 5.92 Å². The first-order valence-electron chi connectivity index (χ1n) is 6.21. The van der Waals surface area contributed by atoms with Gasteiger partial charge in [-0.2, -0.15) is 0 Å². The van der Waals surface area contributed by atoms with Crippen molar-refractivity contribution in [2.75, 3.05) is 11.9 Å². The molecule has 0 amide bonds. The van der Waals surface area contributed by atoms with Crippen LogP contribution >= 0.6 is 0 Å². The second kappa shape index (κ2) is 5.83. The fourth-order valence-corrected chi connectivity index (χ4v) is 1.82. The van der Waals surface area contributed by atoms with Gasteiger partial charge in [-0.15, -0.1) is 0 Å². The maximum atomic E-state index is 4.65. The third kappa shape index (κ3) is 2.94. The van der Waals surface area contributed by atoms with Crippen LogP contribution in [0.4, 0.5) is 5.82 Å². The summed E-state index contributed by atoms with van der Waals surface area (Å²) in [7, 11) is 0. The predicted molar refractivity (Wildman–Crippen MR) is 69.0 cm³/mol. The molecule has 1 rings (SSSR count). The van der Waals surface area contributed by atoms with Crippen LogP contribution < -0.4 is 5.32 Å². The summed E-state index contributed by atoms with van der Waals surface area (Å²) in [5.74, 6) is 2.42. The minimum atomic E-state index is 0.455. The highest BCUT2D eigenvalue weighted by atomic mass is 15.0. The monoisotopic (exact) mass is 221 g/mol. The highest BCUT2D eigenvalue weighted by Gasteiger charge is 2.12. The number of hydrogen-bond donors (Lipinski definition) is 1. The number of anilines is 1. The van der Waals surface area contributed by atoms with E-state index in [9.17, 15) is 0 Å². The first kappa shape index (κ1) is 12.9. The highest BCUT2D eigenvalue weighted by molar-refractivity contribution is 5.46. The van der Waals surface area contributed by atoms with Crippen molar-refractivity contribution in [3.63, 3.8) is 0 Å². The van der Waals surface area contributed by atoms with Crippen molar-refractivity contribution in [2.24, 2.45) is 0 Å². The average Bonchev–Trinajstić information content (AvgIpc) is 2.23. The average molecular weight is 221 g/mol. The van der Waals surface area contributed by atoms with Gasteiger partial charge in [-0.1, -0.05) is 20.8 Å². The molecular formula is C13H23N3. The molecule has 3 heteroatoms. The van der Waals surface area contributed by atoms with Gasteiger partial charge in [0.2, 0.25) is 0 Å². The summed E-state index contributed by atoms with van der Waals surface area (Å²) >= 11 is 0. The molecule has 0 atom stereocenters. The van der Waals surface area contributed by atoms with Gasteiger partial charge < -0.3 is 5.32 Å². The number of aromatic nitrogens is 2. The van der Waals surface area contributed by atoms with Crippen LogP contribution in [0, 0.1) is 6.92 Å². The van der Waals surface area contributed by atoms with Crippen LogP contribution in [-0.2, 0) is 6.42 Å². The number of hydrogen-bond acceptors (Lipinski definition) is 3. The lowest BCUT2D eigenvalue weighted by Gasteiger charge is -2.15. The van der Waals surface area contributed by atoms with Crippen molar-refractivity contribution in [2.45, 2.75) is 53.4 Å². The molecule has 0 aliphatic carbocycles. The molecule has 1 aromatic heterocycles. The molecule has 0 unspecified atom stereocenters. The Morgan fingerprint density at radius 1 is 1.19 bits per heavy atom. The van der Waals surface area contributed by atoms with Crippen molar-refractivity contribution in [3.8, 4) is 0 Å². The third-order valence-electron chi connectivity index (χ3n) is 2.59. The lowest BCUT2D eigenvalue weighted by molar-refractivity contribution is 0.754. The quantitative estimate of drug-likeness (QED) is 0.829. The van der Waals surface area contributed by atoms with Gasteiger partial charge in [0, 0.05) is 18.5 Å². The summed E-state index contributed by atoms with van der Waals surface area (Å²) in [6.45, 7) is 11.6. The first-order valence-corrected chi connectivity index (χ1v) is 6.21. The number of rotatable bonds is 5. The molecule has 1 aromatic rings. The van der Waals surface area contributed by atoms with Crippen molar-refractivity contribution in [3.05, 3.63) is 17.1 Å². The Kier molecular flexibility index (Phi) is 4.71. The normalized spacial score (nSPS) is 10.9. The minimum Gasteiger partial charge on any atom is -0.370 e. The summed E-state index contributed by atoms with van der Waals surface area (Å²) < 4.78 is 0. The van der Waals surface area contributed by atoms with Gasteiger partial charge in [0.05, 0.1) is 5.69 Å². The van der Waals surface area contributed by atoms with Crippen LogP contribution in [0.2, 0.25) is 0 Å². The van der Waals surface area contributed by atoms with Crippen LogP contribution in [0.1, 0.15) is 57.1 Å². The number of nitrogens with one attached hydrogen (secondary N) is 1. The molecule has 0 saturated carbocycles. The van der Waals surface area contributed by atoms with E-state index < -0.39 is 0 Å². The highest BCUT2D eigenvalue weighted by Crippen LogP contribution is 2.22. The van der Waals surface area contributed by atoms with Gasteiger partial charge in [-0.3, -0.25) is 0 Å². The Morgan fingerprint density at radius 2 is 1.88 bits per heavy atom. The van der Waals surface area contributed by atoms with Gasteiger partial charge in [0.1, 0.15) is 11.6 Å². The van der Waals surface area contributed by atoms with E-state index in [2.05, 4.69) is 49.9 Å². The molecule has 1 N–H and O–H groups in total. The maximum Gasteiger partial charge on any atom is 0.132 e. The van der Waals surface area contributed by atoms with Crippen LogP contribution in [-0.4, -0.2) is 16.5 Å². The van der Waals surface area contributed by atoms with Crippen molar-refractivity contribution in [1.82, 2.24) is 9.97 Å². The Hall–Kier alpha value is -1.12. The second-order valence-corrected chi connectivity index (χ2v) is 4.43. The van der Waals surface area contributed by atoms with E-state index in [1.54, 1.807) is 0 Å². The molecule has 3 nitrogen and oxygen atoms in total. The van der Waals surface area contributed by atoms with Crippen LogP contribution in [0.3, 0.4) is 0 Å². The van der Waals surface area contributed by atoms with Crippen molar-refractivity contribution < 1.29 is 0 Å². The molecule has 0 radical (unpaired) electrons. The van der Waals surface area contributed by atoms with E-state index in [4.69, 9.17) is 0 Å². The topological polar surface area (TPSA) is 37.8 Å². The SMILES string of the molecule is CCCc1nc(NCC)c(C)c(C(C)C)n1. The van der Waals surface area contributed by atoms with E-state index in [0.717, 1.165) is 31.0 Å².